The van der Waals surface area contributed by atoms with Crippen LogP contribution in [0.5, 0.6) is 0 Å². The zero-order valence-corrected chi connectivity index (χ0v) is 16.2. The largest absolute Gasteiger partial charge is 0.338 e. The highest BCUT2D eigenvalue weighted by Gasteiger charge is 2.11. The zero-order valence-electron chi connectivity index (χ0n) is 13.8. The van der Waals surface area contributed by atoms with Crippen molar-refractivity contribution in [3.8, 4) is 22.8 Å². The van der Waals surface area contributed by atoms with Crippen molar-refractivity contribution in [3.63, 3.8) is 0 Å². The standard InChI is InChI=1S/C18H12BrN5O2S/c19-12-5-3-4-11(8-12)17-23-16(26-24-17)10-27-18-21-14(9-15(25)22-18)13-6-1-2-7-20-13/h1-9H,10H2,(H,21,22,25). The average molecular weight is 442 g/mol. The molecule has 0 amide bonds. The molecule has 3 heterocycles. The number of H-pyrrole nitrogens is 1. The van der Waals surface area contributed by atoms with E-state index in [0.29, 0.717) is 34.0 Å². The summed E-state index contributed by atoms with van der Waals surface area (Å²) >= 11 is 4.73. The maximum Gasteiger partial charge on any atom is 0.252 e. The van der Waals surface area contributed by atoms with Crippen LogP contribution in [0.2, 0.25) is 0 Å². The Labute approximate surface area is 166 Å². The van der Waals surface area contributed by atoms with Gasteiger partial charge in [-0.25, -0.2) is 4.98 Å². The Bertz CT molecular complexity index is 1130. The fraction of sp³-hybridized carbons (Fsp3) is 0.0556. The number of benzene rings is 1. The Kier molecular flexibility index (Phi) is 5.12. The monoisotopic (exact) mass is 441 g/mol. The number of pyridine rings is 1. The Balaban J connectivity index is 1.51. The molecule has 9 heteroatoms. The van der Waals surface area contributed by atoms with Crippen molar-refractivity contribution >= 4 is 27.7 Å². The molecule has 0 aliphatic carbocycles. The lowest BCUT2D eigenvalue weighted by molar-refractivity contribution is 0.391. The van der Waals surface area contributed by atoms with Gasteiger partial charge in [-0.3, -0.25) is 9.78 Å². The molecule has 0 atom stereocenters. The Morgan fingerprint density at radius 2 is 2.00 bits per heavy atom. The summed E-state index contributed by atoms with van der Waals surface area (Å²) < 4.78 is 6.24. The van der Waals surface area contributed by atoms with Crippen molar-refractivity contribution in [2.24, 2.45) is 0 Å². The van der Waals surface area contributed by atoms with Crippen LogP contribution in [0.1, 0.15) is 5.89 Å². The van der Waals surface area contributed by atoms with Gasteiger partial charge in [0.15, 0.2) is 5.16 Å². The van der Waals surface area contributed by atoms with Gasteiger partial charge >= 0.3 is 0 Å². The molecule has 0 aliphatic rings. The van der Waals surface area contributed by atoms with E-state index in [4.69, 9.17) is 4.52 Å². The van der Waals surface area contributed by atoms with Crippen LogP contribution in [-0.2, 0) is 5.75 Å². The summed E-state index contributed by atoms with van der Waals surface area (Å²) in [5.74, 6) is 1.34. The van der Waals surface area contributed by atoms with Gasteiger partial charge in [0.1, 0.15) is 0 Å². The predicted octanol–water partition coefficient (Wildman–Crippen LogP) is 3.94. The summed E-state index contributed by atoms with van der Waals surface area (Å²) in [5.41, 5.74) is 1.77. The summed E-state index contributed by atoms with van der Waals surface area (Å²) in [6.07, 6.45) is 1.66. The zero-order chi connectivity index (χ0) is 18.6. The SMILES string of the molecule is O=c1cc(-c2ccccn2)nc(SCc2nc(-c3cccc(Br)c3)no2)[nH]1. The number of halogens is 1. The first kappa shape index (κ1) is 17.6. The fourth-order valence-corrected chi connectivity index (χ4v) is 3.45. The number of hydrogen-bond acceptors (Lipinski definition) is 7. The summed E-state index contributed by atoms with van der Waals surface area (Å²) in [6, 6.07) is 14.5. The lowest BCUT2D eigenvalue weighted by atomic mass is 10.2. The molecule has 0 fully saturated rings. The van der Waals surface area contributed by atoms with E-state index in [1.54, 1.807) is 12.3 Å². The molecular weight excluding hydrogens is 430 g/mol. The van der Waals surface area contributed by atoms with E-state index in [9.17, 15) is 4.79 Å². The second-order valence-electron chi connectivity index (χ2n) is 5.46. The van der Waals surface area contributed by atoms with Crippen LogP contribution in [0.4, 0.5) is 0 Å². The van der Waals surface area contributed by atoms with Crippen LogP contribution in [0.15, 0.2) is 73.7 Å². The van der Waals surface area contributed by atoms with E-state index >= 15 is 0 Å². The fourth-order valence-electron chi connectivity index (χ4n) is 2.34. The average Bonchev–Trinajstić information content (AvgIpc) is 3.16. The number of hydrogen-bond donors (Lipinski definition) is 1. The molecule has 0 spiro atoms. The summed E-state index contributed by atoms with van der Waals surface area (Å²) in [7, 11) is 0. The topological polar surface area (TPSA) is 97.6 Å². The van der Waals surface area contributed by atoms with E-state index in [-0.39, 0.29) is 5.56 Å². The molecule has 4 rings (SSSR count). The molecule has 0 radical (unpaired) electrons. The van der Waals surface area contributed by atoms with Gasteiger partial charge in [-0.15, -0.1) is 0 Å². The number of rotatable bonds is 5. The molecule has 0 saturated heterocycles. The number of nitrogens with one attached hydrogen (secondary N) is 1. The molecule has 4 aromatic rings. The molecule has 0 unspecified atom stereocenters. The number of nitrogens with zero attached hydrogens (tertiary/aromatic N) is 4. The minimum absolute atomic E-state index is 0.242. The van der Waals surface area contributed by atoms with Gasteiger partial charge in [-0.2, -0.15) is 4.98 Å². The van der Waals surface area contributed by atoms with Gasteiger partial charge < -0.3 is 9.51 Å². The number of aromatic amines is 1. The van der Waals surface area contributed by atoms with Gasteiger partial charge in [0, 0.05) is 22.3 Å². The highest BCUT2D eigenvalue weighted by Crippen LogP contribution is 2.23. The van der Waals surface area contributed by atoms with Crippen LogP contribution in [0.25, 0.3) is 22.8 Å². The third kappa shape index (κ3) is 4.32. The molecule has 1 N–H and O–H groups in total. The highest BCUT2D eigenvalue weighted by atomic mass is 79.9. The van der Waals surface area contributed by atoms with Crippen molar-refractivity contribution < 1.29 is 4.52 Å². The van der Waals surface area contributed by atoms with E-state index in [1.807, 2.05) is 36.4 Å². The van der Waals surface area contributed by atoms with Crippen molar-refractivity contribution in [1.29, 1.82) is 0 Å². The number of aromatic nitrogens is 5. The maximum atomic E-state index is 11.9. The molecule has 0 saturated carbocycles. The summed E-state index contributed by atoms with van der Waals surface area (Å²) in [4.78, 5) is 27.7. The summed E-state index contributed by atoms with van der Waals surface area (Å²) in [5, 5.41) is 4.46. The van der Waals surface area contributed by atoms with E-state index in [2.05, 4.69) is 41.0 Å². The van der Waals surface area contributed by atoms with Crippen LogP contribution in [0, 0.1) is 0 Å². The lowest BCUT2D eigenvalue weighted by Gasteiger charge is -2.02. The minimum atomic E-state index is -0.242. The van der Waals surface area contributed by atoms with E-state index in [1.165, 1.54) is 17.8 Å². The molecule has 0 bridgehead atoms. The quantitative estimate of drug-likeness (QED) is 0.369. The van der Waals surface area contributed by atoms with Gasteiger partial charge in [-0.05, 0) is 24.3 Å². The maximum absolute atomic E-state index is 11.9. The van der Waals surface area contributed by atoms with Gasteiger partial charge in [0.05, 0.1) is 17.1 Å². The molecule has 1 aromatic carbocycles. The first-order valence-corrected chi connectivity index (χ1v) is 9.69. The predicted molar refractivity (Wildman–Crippen MR) is 105 cm³/mol. The van der Waals surface area contributed by atoms with Crippen LogP contribution in [0.3, 0.4) is 0 Å². The van der Waals surface area contributed by atoms with Crippen molar-refractivity contribution in [2.75, 3.05) is 0 Å². The third-order valence-corrected chi connectivity index (χ3v) is 4.88. The third-order valence-electron chi connectivity index (χ3n) is 3.53. The van der Waals surface area contributed by atoms with Crippen molar-refractivity contribution in [1.82, 2.24) is 25.1 Å². The van der Waals surface area contributed by atoms with E-state index < -0.39 is 0 Å². The molecule has 27 heavy (non-hydrogen) atoms. The second kappa shape index (κ2) is 7.85. The normalized spacial score (nSPS) is 10.9. The van der Waals surface area contributed by atoms with Crippen molar-refractivity contribution in [2.45, 2.75) is 10.9 Å². The highest BCUT2D eigenvalue weighted by molar-refractivity contribution is 9.10. The first-order valence-electron chi connectivity index (χ1n) is 7.91. The second-order valence-corrected chi connectivity index (χ2v) is 7.34. The Hall–Kier alpha value is -2.78. The van der Waals surface area contributed by atoms with Crippen LogP contribution >= 0.6 is 27.7 Å². The van der Waals surface area contributed by atoms with Crippen LogP contribution < -0.4 is 5.56 Å². The minimum Gasteiger partial charge on any atom is -0.338 e. The van der Waals surface area contributed by atoms with Gasteiger partial charge in [0.2, 0.25) is 11.7 Å². The molecule has 134 valence electrons. The van der Waals surface area contributed by atoms with Crippen LogP contribution in [-0.4, -0.2) is 25.1 Å². The molecule has 7 nitrogen and oxygen atoms in total. The van der Waals surface area contributed by atoms with E-state index in [0.717, 1.165) is 10.0 Å². The lowest BCUT2D eigenvalue weighted by Crippen LogP contribution is -2.08. The van der Waals surface area contributed by atoms with Gasteiger partial charge in [-0.1, -0.05) is 51.0 Å². The Morgan fingerprint density at radius 1 is 1.07 bits per heavy atom. The first-order chi connectivity index (χ1) is 13.2. The summed E-state index contributed by atoms with van der Waals surface area (Å²) in [6.45, 7) is 0. The molecular formula is C18H12BrN5O2S. The molecule has 3 aromatic heterocycles. The number of thioether (sulfide) groups is 1. The smallest absolute Gasteiger partial charge is 0.252 e. The molecule has 0 aliphatic heterocycles. The van der Waals surface area contributed by atoms with Crippen molar-refractivity contribution in [3.05, 3.63) is 75.4 Å². The van der Waals surface area contributed by atoms with Gasteiger partial charge in [0.25, 0.3) is 5.56 Å². The Morgan fingerprint density at radius 3 is 2.81 bits per heavy atom.